The summed E-state index contributed by atoms with van der Waals surface area (Å²) in [5.74, 6) is -0.00685. The molecule has 4 rings (SSSR count). The average Bonchev–Trinajstić information content (AvgIpc) is 2.85. The molecule has 0 saturated heterocycles. The molecule has 0 saturated carbocycles. The second-order valence-corrected chi connectivity index (χ2v) is 9.82. The van der Waals surface area contributed by atoms with Crippen LogP contribution in [0.5, 0.6) is 5.75 Å². The maximum Gasteiger partial charge on any atom is 0.251 e. The maximum absolute atomic E-state index is 13.3. The lowest BCUT2D eigenvalue weighted by atomic mass is 10.0. The predicted octanol–water partition coefficient (Wildman–Crippen LogP) is 5.27. The van der Waals surface area contributed by atoms with Gasteiger partial charge in [0.2, 0.25) is 10.7 Å². The second kappa shape index (κ2) is 10.1. The fourth-order valence-corrected chi connectivity index (χ4v) is 4.92. The van der Waals surface area contributed by atoms with E-state index in [0.29, 0.717) is 39.0 Å². The number of methoxy groups -OCH3 is 1. The molecule has 0 bridgehead atoms. The number of fused-ring (bicyclic) bond motifs is 1. The molecule has 0 fully saturated rings. The van der Waals surface area contributed by atoms with Crippen molar-refractivity contribution in [2.24, 2.45) is 0 Å². The molecule has 1 unspecified atom stereocenters. The summed E-state index contributed by atoms with van der Waals surface area (Å²) in [6.07, 6.45) is 1.52. The number of allylic oxidation sites excluding steroid dienone is 1. The van der Waals surface area contributed by atoms with Crippen molar-refractivity contribution in [1.82, 2.24) is 5.32 Å². The van der Waals surface area contributed by atoms with Gasteiger partial charge in [0.25, 0.3) is 5.91 Å². The van der Waals surface area contributed by atoms with E-state index in [1.54, 1.807) is 44.5 Å². The molecule has 9 heteroatoms. The predicted molar refractivity (Wildman–Crippen MR) is 136 cm³/mol. The van der Waals surface area contributed by atoms with E-state index in [1.807, 2.05) is 24.3 Å². The fraction of sp³-hybridized carbons (Fsp3) is 0.120. The summed E-state index contributed by atoms with van der Waals surface area (Å²) in [6.45, 7) is 0.320. The van der Waals surface area contributed by atoms with Crippen LogP contribution in [0.3, 0.4) is 0 Å². The normalized spacial score (nSPS) is 16.4. The number of anilines is 1. The van der Waals surface area contributed by atoms with Gasteiger partial charge in [0.15, 0.2) is 0 Å². The van der Waals surface area contributed by atoms with Crippen molar-refractivity contribution in [3.8, 4) is 5.75 Å². The molecule has 174 valence electrons. The minimum Gasteiger partial charge on any atom is -0.588 e. The van der Waals surface area contributed by atoms with E-state index in [0.717, 1.165) is 11.3 Å². The number of ether oxygens (including phenoxy) is 1. The molecule has 1 aliphatic heterocycles. The molecule has 6 nitrogen and oxygen atoms in total. The van der Waals surface area contributed by atoms with E-state index < -0.39 is 17.1 Å². The molecule has 0 spiro atoms. The molecule has 1 amide bonds. The summed E-state index contributed by atoms with van der Waals surface area (Å²) in [5, 5.41) is 3.56. The van der Waals surface area contributed by atoms with Gasteiger partial charge < -0.3 is 14.6 Å². The van der Waals surface area contributed by atoms with Crippen molar-refractivity contribution in [2.45, 2.75) is 6.54 Å². The van der Waals surface area contributed by atoms with Crippen LogP contribution in [0.15, 0.2) is 65.6 Å². The Morgan fingerprint density at radius 3 is 2.50 bits per heavy atom. The zero-order valence-electron chi connectivity index (χ0n) is 18.3. The standard InChI is InChI=1S/C25H20Cl2N2O4S/c1-29-22-10-6-17(25(31)28-14-15-3-7-18(33-2)8-4-15)13-19(22)24(30)23(34(29)32)12-16-5-9-20(26)21(27)11-16/h3-13H,14H2,1-2H3,(H,28,31)/b23-12-. The molecule has 1 heterocycles. The van der Waals surface area contributed by atoms with Gasteiger partial charge in [0.05, 0.1) is 35.5 Å². The van der Waals surface area contributed by atoms with E-state index in [-0.39, 0.29) is 10.8 Å². The van der Waals surface area contributed by atoms with Crippen molar-refractivity contribution < 1.29 is 18.9 Å². The molecule has 0 radical (unpaired) electrons. The Hall–Kier alpha value is -2.97. The van der Waals surface area contributed by atoms with Crippen molar-refractivity contribution in [1.29, 1.82) is 0 Å². The quantitative estimate of drug-likeness (QED) is 0.370. The Bertz CT molecular complexity index is 1290. The first-order valence-electron chi connectivity index (χ1n) is 10.2. The number of Topliss-reactive ketones (excluding diaryl/α,β-unsaturated/α-hetero) is 1. The number of nitrogens with zero attached hydrogens (tertiary/aromatic N) is 1. The highest BCUT2D eigenvalue weighted by Gasteiger charge is 2.38. The van der Waals surface area contributed by atoms with Gasteiger partial charge in [-0.25, -0.2) is 0 Å². The number of carbonyl (C=O) groups excluding carboxylic acids is 2. The van der Waals surface area contributed by atoms with Crippen LogP contribution in [0.25, 0.3) is 6.08 Å². The number of hydrogen-bond acceptors (Lipinski definition) is 5. The van der Waals surface area contributed by atoms with Crippen molar-refractivity contribution in [3.05, 3.63) is 97.9 Å². The lowest BCUT2D eigenvalue weighted by Gasteiger charge is -2.29. The number of halogens is 2. The molecule has 3 aromatic rings. The summed E-state index contributed by atoms with van der Waals surface area (Å²) >= 11 is 10.3. The van der Waals surface area contributed by atoms with Gasteiger partial charge in [0, 0.05) is 18.2 Å². The van der Waals surface area contributed by atoms with Crippen molar-refractivity contribution >= 4 is 58.0 Å². The number of amides is 1. The number of nitrogens with one attached hydrogen (secondary N) is 1. The van der Waals surface area contributed by atoms with E-state index in [1.165, 1.54) is 16.4 Å². The molecule has 1 atom stereocenters. The molecule has 1 aliphatic rings. The smallest absolute Gasteiger partial charge is 0.251 e. The first-order chi connectivity index (χ1) is 16.3. The minimum atomic E-state index is -1.72. The number of rotatable bonds is 5. The minimum absolute atomic E-state index is 0.0872. The monoisotopic (exact) mass is 514 g/mol. The molecule has 34 heavy (non-hydrogen) atoms. The first kappa shape index (κ1) is 24.2. The lowest BCUT2D eigenvalue weighted by molar-refractivity contribution is 0.0951. The molecule has 3 aromatic carbocycles. The Kier molecular flexibility index (Phi) is 7.19. The SMILES string of the molecule is COc1ccc(CNC(=O)c2ccc3c(c2)C(=O)/C(=C/c2ccc(Cl)c(Cl)c2)[S+]([O-])N3C)cc1. The van der Waals surface area contributed by atoms with Gasteiger partial charge in [-0.05, 0) is 53.6 Å². The van der Waals surface area contributed by atoms with Gasteiger partial charge in [-0.15, -0.1) is 0 Å². The lowest BCUT2D eigenvalue weighted by Crippen LogP contribution is -2.36. The van der Waals surface area contributed by atoms with E-state index in [4.69, 9.17) is 27.9 Å². The zero-order valence-corrected chi connectivity index (χ0v) is 20.6. The third kappa shape index (κ3) is 4.93. The van der Waals surface area contributed by atoms with E-state index >= 15 is 0 Å². The highest BCUT2D eigenvalue weighted by molar-refractivity contribution is 7.97. The largest absolute Gasteiger partial charge is 0.588 e. The van der Waals surface area contributed by atoms with Crippen LogP contribution in [0.4, 0.5) is 5.69 Å². The van der Waals surface area contributed by atoms with Crippen molar-refractivity contribution in [2.75, 3.05) is 18.5 Å². The van der Waals surface area contributed by atoms with Gasteiger partial charge in [-0.3, -0.25) is 9.59 Å². The maximum atomic E-state index is 13.3. The number of carbonyl (C=O) groups is 2. The van der Waals surface area contributed by atoms with Gasteiger partial charge >= 0.3 is 0 Å². The van der Waals surface area contributed by atoms with Crippen LogP contribution < -0.4 is 14.4 Å². The molecular weight excluding hydrogens is 495 g/mol. The summed E-state index contributed by atoms with van der Waals surface area (Å²) in [7, 11) is 3.22. The fourth-order valence-electron chi connectivity index (χ4n) is 3.48. The molecule has 0 aromatic heterocycles. The molecule has 1 N–H and O–H groups in total. The van der Waals surface area contributed by atoms with Gasteiger partial charge in [0.1, 0.15) is 17.1 Å². The average molecular weight is 515 g/mol. The van der Waals surface area contributed by atoms with Crippen LogP contribution in [0, 0.1) is 0 Å². The second-order valence-electron chi connectivity index (χ2n) is 7.52. The Labute approximate surface area is 210 Å². The highest BCUT2D eigenvalue weighted by Crippen LogP contribution is 2.36. The third-order valence-electron chi connectivity index (χ3n) is 5.36. The third-order valence-corrected chi connectivity index (χ3v) is 7.47. The Morgan fingerprint density at radius 1 is 1.09 bits per heavy atom. The first-order valence-corrected chi connectivity index (χ1v) is 12.1. The van der Waals surface area contributed by atoms with E-state index in [9.17, 15) is 14.1 Å². The van der Waals surface area contributed by atoms with Crippen LogP contribution in [0.1, 0.15) is 31.8 Å². The Morgan fingerprint density at radius 2 is 1.82 bits per heavy atom. The Balaban J connectivity index is 1.58. The van der Waals surface area contributed by atoms with Crippen LogP contribution >= 0.6 is 23.2 Å². The van der Waals surface area contributed by atoms with Crippen molar-refractivity contribution in [3.63, 3.8) is 0 Å². The van der Waals surface area contributed by atoms with E-state index in [2.05, 4.69) is 5.32 Å². The van der Waals surface area contributed by atoms with Gasteiger partial charge in [-0.1, -0.05) is 41.4 Å². The molecular formula is C25H20Cl2N2O4S. The zero-order chi connectivity index (χ0) is 24.4. The number of hydrogen-bond donors (Lipinski definition) is 1. The molecule has 0 aliphatic carbocycles. The van der Waals surface area contributed by atoms with Crippen LogP contribution in [-0.4, -0.2) is 30.4 Å². The highest BCUT2D eigenvalue weighted by atomic mass is 35.5. The number of ketones is 1. The summed E-state index contributed by atoms with van der Waals surface area (Å²) in [4.78, 5) is 26.1. The van der Waals surface area contributed by atoms with Crippen LogP contribution in [-0.2, 0) is 17.9 Å². The van der Waals surface area contributed by atoms with Crippen LogP contribution in [0.2, 0.25) is 10.0 Å². The summed E-state index contributed by atoms with van der Waals surface area (Å²) in [5.41, 5.74) is 2.61. The van der Waals surface area contributed by atoms with Gasteiger partial charge in [-0.2, -0.15) is 4.31 Å². The summed E-state index contributed by atoms with van der Waals surface area (Å²) in [6, 6.07) is 17.0. The topological polar surface area (TPSA) is 81.7 Å². The number of benzene rings is 3. The summed E-state index contributed by atoms with van der Waals surface area (Å²) < 4.78 is 19.6.